The molecule has 0 radical (unpaired) electrons. The summed E-state index contributed by atoms with van der Waals surface area (Å²) in [5, 5.41) is 11.3. The number of nitro groups is 1. The fraction of sp³-hybridized carbons (Fsp3) is 0.350. The third kappa shape index (κ3) is 3.77. The van der Waals surface area contributed by atoms with Crippen LogP contribution in [0.2, 0.25) is 0 Å². The summed E-state index contributed by atoms with van der Waals surface area (Å²) in [4.78, 5) is 20.1. The number of piperazine rings is 1. The van der Waals surface area contributed by atoms with Crippen LogP contribution in [0.3, 0.4) is 0 Å². The van der Waals surface area contributed by atoms with Gasteiger partial charge in [0.05, 0.1) is 22.2 Å². The van der Waals surface area contributed by atoms with Crippen LogP contribution in [0, 0.1) is 10.1 Å². The molecule has 28 heavy (non-hydrogen) atoms. The number of nitro benzene ring substituents is 1. The van der Waals surface area contributed by atoms with Gasteiger partial charge in [0.2, 0.25) is 6.79 Å². The van der Waals surface area contributed by atoms with Gasteiger partial charge in [-0.3, -0.25) is 15.1 Å². The Morgan fingerprint density at radius 1 is 1.11 bits per heavy atom. The molecule has 1 saturated heterocycles. The van der Waals surface area contributed by atoms with E-state index in [4.69, 9.17) is 9.47 Å². The monoisotopic (exact) mass is 382 g/mol. The summed E-state index contributed by atoms with van der Waals surface area (Å²) in [6.45, 7) is 7.52. The Morgan fingerprint density at radius 2 is 1.79 bits per heavy atom. The predicted octanol–water partition coefficient (Wildman–Crippen LogP) is 3.22. The van der Waals surface area contributed by atoms with Crippen LogP contribution in [-0.4, -0.2) is 55.6 Å². The third-order valence-electron chi connectivity index (χ3n) is 5.11. The smallest absolute Gasteiger partial charge is 0.282 e. The summed E-state index contributed by atoms with van der Waals surface area (Å²) in [5.41, 5.74) is 2.24. The highest BCUT2D eigenvalue weighted by Gasteiger charge is 2.22. The molecule has 2 aromatic carbocycles. The second kappa shape index (κ2) is 7.85. The van der Waals surface area contributed by atoms with Crippen LogP contribution in [-0.2, 0) is 0 Å². The van der Waals surface area contributed by atoms with Crippen molar-refractivity contribution in [1.29, 1.82) is 0 Å². The lowest BCUT2D eigenvalue weighted by atomic mass is 10.1. The molecule has 146 valence electrons. The van der Waals surface area contributed by atoms with Gasteiger partial charge >= 0.3 is 0 Å². The molecule has 2 aliphatic heterocycles. The van der Waals surface area contributed by atoms with Crippen molar-refractivity contribution in [3.05, 3.63) is 52.1 Å². The molecule has 2 aromatic rings. The maximum Gasteiger partial charge on any atom is 0.282 e. The first-order valence-electron chi connectivity index (χ1n) is 9.33. The maximum absolute atomic E-state index is 11.3. The number of hydrogen-bond acceptors (Lipinski definition) is 7. The number of aliphatic imine (C=N–C) groups is 1. The molecule has 2 aliphatic rings. The normalized spacial score (nSPS) is 16.7. The SMILES string of the molecule is CCN1CCN(c2ccc(N=Cc3cc4c(cc3[N+](=O)[O-])OCO4)cc2)CC1. The average Bonchev–Trinajstić information content (AvgIpc) is 3.19. The van der Waals surface area contributed by atoms with E-state index in [1.807, 2.05) is 24.3 Å². The van der Waals surface area contributed by atoms with Crippen molar-refractivity contribution < 1.29 is 14.4 Å². The highest BCUT2D eigenvalue weighted by Crippen LogP contribution is 2.37. The van der Waals surface area contributed by atoms with Crippen molar-refractivity contribution in [1.82, 2.24) is 4.90 Å². The molecule has 0 aromatic heterocycles. The molecule has 0 bridgehead atoms. The Bertz CT molecular complexity index is 890. The second-order valence-electron chi connectivity index (χ2n) is 6.72. The van der Waals surface area contributed by atoms with Gasteiger partial charge < -0.3 is 19.3 Å². The molecule has 0 atom stereocenters. The van der Waals surface area contributed by atoms with Crippen molar-refractivity contribution in [2.75, 3.05) is 44.4 Å². The van der Waals surface area contributed by atoms with E-state index in [9.17, 15) is 10.1 Å². The lowest BCUT2D eigenvalue weighted by Crippen LogP contribution is -2.46. The lowest BCUT2D eigenvalue weighted by molar-refractivity contribution is -0.385. The molecule has 4 rings (SSSR count). The number of ether oxygens (including phenoxy) is 2. The van der Waals surface area contributed by atoms with E-state index in [0.717, 1.165) is 38.4 Å². The number of nitrogens with zero attached hydrogens (tertiary/aromatic N) is 4. The number of rotatable bonds is 5. The van der Waals surface area contributed by atoms with E-state index in [-0.39, 0.29) is 12.5 Å². The van der Waals surface area contributed by atoms with Crippen LogP contribution in [0.1, 0.15) is 12.5 Å². The van der Waals surface area contributed by atoms with E-state index in [1.54, 1.807) is 6.07 Å². The zero-order valence-corrected chi connectivity index (χ0v) is 15.7. The number of benzene rings is 2. The molecule has 8 nitrogen and oxygen atoms in total. The first-order valence-corrected chi connectivity index (χ1v) is 9.33. The summed E-state index contributed by atoms with van der Waals surface area (Å²) in [7, 11) is 0. The van der Waals surface area contributed by atoms with E-state index < -0.39 is 4.92 Å². The summed E-state index contributed by atoms with van der Waals surface area (Å²) >= 11 is 0. The van der Waals surface area contributed by atoms with Crippen LogP contribution < -0.4 is 14.4 Å². The van der Waals surface area contributed by atoms with E-state index >= 15 is 0 Å². The van der Waals surface area contributed by atoms with Crippen LogP contribution in [0.25, 0.3) is 0 Å². The Balaban J connectivity index is 1.49. The fourth-order valence-electron chi connectivity index (χ4n) is 3.42. The highest BCUT2D eigenvalue weighted by atomic mass is 16.7. The van der Waals surface area contributed by atoms with Gasteiger partial charge in [-0.1, -0.05) is 6.92 Å². The van der Waals surface area contributed by atoms with Gasteiger partial charge in [-0.25, -0.2) is 0 Å². The molecular formula is C20H22N4O4. The van der Waals surface area contributed by atoms with Gasteiger partial charge in [0.1, 0.15) is 0 Å². The van der Waals surface area contributed by atoms with Gasteiger partial charge in [0.15, 0.2) is 11.5 Å². The van der Waals surface area contributed by atoms with E-state index in [0.29, 0.717) is 17.1 Å². The second-order valence-corrected chi connectivity index (χ2v) is 6.72. The molecule has 0 spiro atoms. The molecule has 0 aliphatic carbocycles. The van der Waals surface area contributed by atoms with Crippen molar-refractivity contribution in [2.45, 2.75) is 6.92 Å². The molecule has 2 heterocycles. The fourth-order valence-corrected chi connectivity index (χ4v) is 3.42. The van der Waals surface area contributed by atoms with Gasteiger partial charge in [0.25, 0.3) is 5.69 Å². The summed E-state index contributed by atoms with van der Waals surface area (Å²) in [5.74, 6) is 0.880. The minimum Gasteiger partial charge on any atom is -0.454 e. The number of hydrogen-bond donors (Lipinski definition) is 0. The Kier molecular flexibility index (Phi) is 5.12. The molecule has 0 unspecified atom stereocenters. The summed E-state index contributed by atoms with van der Waals surface area (Å²) in [6, 6.07) is 10.9. The predicted molar refractivity (Wildman–Crippen MR) is 107 cm³/mol. The molecule has 8 heteroatoms. The van der Waals surface area contributed by atoms with E-state index in [2.05, 4.69) is 21.7 Å². The molecule has 0 amide bonds. The third-order valence-corrected chi connectivity index (χ3v) is 5.11. The van der Waals surface area contributed by atoms with Crippen molar-refractivity contribution in [3.63, 3.8) is 0 Å². The Labute approximate surface area is 163 Å². The lowest BCUT2D eigenvalue weighted by Gasteiger charge is -2.35. The molecule has 0 N–H and O–H groups in total. The number of anilines is 1. The highest BCUT2D eigenvalue weighted by molar-refractivity contribution is 5.88. The minimum atomic E-state index is -0.442. The van der Waals surface area contributed by atoms with Crippen molar-refractivity contribution >= 4 is 23.3 Å². The number of likely N-dealkylation sites (N-methyl/N-ethyl adjacent to an activating group) is 1. The van der Waals surface area contributed by atoms with Crippen LogP contribution in [0.5, 0.6) is 11.5 Å². The first kappa shape index (κ1) is 18.2. The maximum atomic E-state index is 11.3. The van der Waals surface area contributed by atoms with Crippen molar-refractivity contribution in [2.24, 2.45) is 4.99 Å². The summed E-state index contributed by atoms with van der Waals surface area (Å²) in [6.07, 6.45) is 1.50. The van der Waals surface area contributed by atoms with Gasteiger partial charge in [-0.05, 0) is 36.9 Å². The summed E-state index contributed by atoms with van der Waals surface area (Å²) < 4.78 is 10.5. The zero-order valence-electron chi connectivity index (χ0n) is 15.7. The molecular weight excluding hydrogens is 360 g/mol. The quantitative estimate of drug-likeness (QED) is 0.449. The zero-order chi connectivity index (χ0) is 19.5. The minimum absolute atomic E-state index is 0.0570. The van der Waals surface area contributed by atoms with Crippen LogP contribution in [0.15, 0.2) is 41.4 Å². The molecule has 1 fully saturated rings. The van der Waals surface area contributed by atoms with Gasteiger partial charge in [-0.15, -0.1) is 0 Å². The number of fused-ring (bicyclic) bond motifs is 1. The standard InChI is InChI=1S/C20H22N4O4/c1-2-22-7-9-23(10-8-22)17-5-3-16(4-6-17)21-13-15-11-19-20(28-14-27-19)12-18(15)24(25)26/h3-6,11-13H,2,7-10,14H2,1H3. The van der Waals surface area contributed by atoms with Crippen LogP contribution in [0.4, 0.5) is 17.1 Å². The first-order chi connectivity index (χ1) is 13.6. The van der Waals surface area contributed by atoms with Gasteiger partial charge in [0, 0.05) is 38.1 Å². The Morgan fingerprint density at radius 3 is 2.43 bits per heavy atom. The van der Waals surface area contributed by atoms with Gasteiger partial charge in [-0.2, -0.15) is 0 Å². The van der Waals surface area contributed by atoms with E-state index in [1.165, 1.54) is 18.0 Å². The molecule has 0 saturated carbocycles. The van der Waals surface area contributed by atoms with Crippen molar-refractivity contribution in [3.8, 4) is 11.5 Å². The Hall–Kier alpha value is -3.13. The average molecular weight is 382 g/mol. The topological polar surface area (TPSA) is 80.4 Å². The van der Waals surface area contributed by atoms with Crippen LogP contribution >= 0.6 is 0 Å². The largest absolute Gasteiger partial charge is 0.454 e.